The van der Waals surface area contributed by atoms with Gasteiger partial charge >= 0.3 is 5.97 Å². The maximum absolute atomic E-state index is 12.5. The van der Waals surface area contributed by atoms with Crippen molar-refractivity contribution in [2.24, 2.45) is 5.92 Å². The zero-order valence-corrected chi connectivity index (χ0v) is 17.0. The highest BCUT2D eigenvalue weighted by Crippen LogP contribution is 2.26. The standard InChI is InChI=1S/C18H25N3O4.2ClH/c1-24-18(23)15-11-14(21-7-9-25-10-8-21)4-5-16(15)20-17(22)13-3-2-6-19-12-13;;/h4-5,11,13,19H,2-3,6-10,12H2,1H3,(H,20,22);2*1H. The van der Waals surface area contributed by atoms with Crippen molar-refractivity contribution in [3.05, 3.63) is 23.8 Å². The molecule has 1 amide bonds. The lowest BCUT2D eigenvalue weighted by Crippen LogP contribution is -2.37. The number of amides is 1. The number of benzene rings is 1. The monoisotopic (exact) mass is 419 g/mol. The number of hydrogen-bond acceptors (Lipinski definition) is 6. The lowest BCUT2D eigenvalue weighted by molar-refractivity contribution is -0.120. The van der Waals surface area contributed by atoms with Gasteiger partial charge in [0.15, 0.2) is 0 Å². The Hall–Kier alpha value is -1.54. The number of carbonyl (C=O) groups excluding carboxylic acids is 2. The number of anilines is 2. The summed E-state index contributed by atoms with van der Waals surface area (Å²) in [5, 5.41) is 6.13. The van der Waals surface area contributed by atoms with E-state index in [-0.39, 0.29) is 36.6 Å². The number of ether oxygens (including phenoxy) is 2. The summed E-state index contributed by atoms with van der Waals surface area (Å²) in [4.78, 5) is 26.8. The maximum atomic E-state index is 12.5. The van der Waals surface area contributed by atoms with E-state index in [4.69, 9.17) is 9.47 Å². The van der Waals surface area contributed by atoms with E-state index in [1.54, 1.807) is 12.1 Å². The van der Waals surface area contributed by atoms with Crippen LogP contribution in [0.1, 0.15) is 23.2 Å². The van der Waals surface area contributed by atoms with Gasteiger partial charge in [-0.25, -0.2) is 4.79 Å². The Morgan fingerprint density at radius 3 is 2.63 bits per heavy atom. The Balaban J connectivity index is 0.00000182. The molecule has 2 N–H and O–H groups in total. The maximum Gasteiger partial charge on any atom is 0.340 e. The predicted molar refractivity (Wildman–Crippen MR) is 110 cm³/mol. The molecule has 0 aromatic heterocycles. The zero-order valence-electron chi connectivity index (χ0n) is 15.4. The number of nitrogens with one attached hydrogen (secondary N) is 2. The van der Waals surface area contributed by atoms with Crippen LogP contribution < -0.4 is 15.5 Å². The van der Waals surface area contributed by atoms with Gasteiger partial charge in [0.1, 0.15) is 0 Å². The average molecular weight is 420 g/mol. The lowest BCUT2D eigenvalue weighted by Gasteiger charge is -2.29. The molecule has 3 rings (SSSR count). The number of morpholine rings is 1. The molecule has 0 radical (unpaired) electrons. The van der Waals surface area contributed by atoms with Crippen LogP contribution in [0, 0.1) is 5.92 Å². The summed E-state index contributed by atoms with van der Waals surface area (Å²) in [6.07, 6.45) is 1.84. The second-order valence-corrected chi connectivity index (χ2v) is 6.35. The number of nitrogens with zero attached hydrogens (tertiary/aromatic N) is 1. The number of halogens is 2. The molecule has 0 spiro atoms. The van der Waals surface area contributed by atoms with E-state index in [1.807, 2.05) is 6.07 Å². The first kappa shape index (κ1) is 23.5. The SMILES string of the molecule is COC(=O)c1cc(N2CCOCC2)ccc1NC(=O)C1CCCNC1.Cl.Cl. The molecule has 1 aromatic carbocycles. The van der Waals surface area contributed by atoms with Crippen molar-refractivity contribution in [1.29, 1.82) is 0 Å². The predicted octanol–water partition coefficient (Wildman–Crippen LogP) is 2.09. The topological polar surface area (TPSA) is 79.9 Å². The first-order valence-corrected chi connectivity index (χ1v) is 8.75. The van der Waals surface area contributed by atoms with Crippen LogP contribution in [0.5, 0.6) is 0 Å². The fourth-order valence-electron chi connectivity index (χ4n) is 3.25. The van der Waals surface area contributed by atoms with E-state index in [2.05, 4.69) is 15.5 Å². The Morgan fingerprint density at radius 1 is 1.26 bits per heavy atom. The van der Waals surface area contributed by atoms with E-state index in [1.165, 1.54) is 7.11 Å². The third-order valence-electron chi connectivity index (χ3n) is 4.71. The largest absolute Gasteiger partial charge is 0.465 e. The molecule has 1 aromatic rings. The highest BCUT2D eigenvalue weighted by molar-refractivity contribution is 6.02. The summed E-state index contributed by atoms with van der Waals surface area (Å²) >= 11 is 0. The number of hydrogen-bond donors (Lipinski definition) is 2. The number of carbonyl (C=O) groups is 2. The van der Waals surface area contributed by atoms with Gasteiger partial charge in [-0.1, -0.05) is 0 Å². The van der Waals surface area contributed by atoms with Crippen LogP contribution in [0.25, 0.3) is 0 Å². The van der Waals surface area contributed by atoms with E-state index < -0.39 is 5.97 Å². The normalized spacial score (nSPS) is 19.3. The molecular formula is C18H27Cl2N3O4. The fourth-order valence-corrected chi connectivity index (χ4v) is 3.25. The Morgan fingerprint density at radius 2 is 2.00 bits per heavy atom. The highest BCUT2D eigenvalue weighted by atomic mass is 35.5. The van der Waals surface area contributed by atoms with E-state index >= 15 is 0 Å². The highest BCUT2D eigenvalue weighted by Gasteiger charge is 2.23. The van der Waals surface area contributed by atoms with Crippen LogP contribution in [0.3, 0.4) is 0 Å². The molecule has 7 nitrogen and oxygen atoms in total. The minimum absolute atomic E-state index is 0. The van der Waals surface area contributed by atoms with Crippen molar-refractivity contribution in [2.45, 2.75) is 12.8 Å². The number of methoxy groups -OCH3 is 1. The van der Waals surface area contributed by atoms with Crippen LogP contribution in [-0.2, 0) is 14.3 Å². The molecule has 27 heavy (non-hydrogen) atoms. The number of rotatable bonds is 4. The van der Waals surface area contributed by atoms with Crippen molar-refractivity contribution in [1.82, 2.24) is 5.32 Å². The van der Waals surface area contributed by atoms with Gasteiger partial charge < -0.3 is 25.0 Å². The van der Waals surface area contributed by atoms with Crippen LogP contribution in [-0.4, -0.2) is 58.4 Å². The molecule has 2 fully saturated rings. The van der Waals surface area contributed by atoms with Gasteiger partial charge in [0.25, 0.3) is 0 Å². The van der Waals surface area contributed by atoms with Crippen LogP contribution >= 0.6 is 24.8 Å². The minimum atomic E-state index is -0.452. The second kappa shape index (κ2) is 11.3. The average Bonchev–Trinajstić information content (AvgIpc) is 2.69. The van der Waals surface area contributed by atoms with Crippen LogP contribution in [0.4, 0.5) is 11.4 Å². The first-order chi connectivity index (χ1) is 12.2. The van der Waals surface area contributed by atoms with Gasteiger partial charge in [0.05, 0.1) is 37.5 Å². The van der Waals surface area contributed by atoms with Gasteiger partial charge in [-0.05, 0) is 37.6 Å². The summed E-state index contributed by atoms with van der Waals surface area (Å²) in [6, 6.07) is 5.49. The minimum Gasteiger partial charge on any atom is -0.465 e. The quantitative estimate of drug-likeness (QED) is 0.727. The smallest absolute Gasteiger partial charge is 0.340 e. The summed E-state index contributed by atoms with van der Waals surface area (Å²) in [6.45, 7) is 4.51. The van der Waals surface area contributed by atoms with Crippen molar-refractivity contribution in [2.75, 3.05) is 56.7 Å². The van der Waals surface area contributed by atoms with Crippen molar-refractivity contribution in [3.8, 4) is 0 Å². The lowest BCUT2D eigenvalue weighted by atomic mass is 9.98. The first-order valence-electron chi connectivity index (χ1n) is 8.75. The van der Waals surface area contributed by atoms with Gasteiger partial charge in [-0.15, -0.1) is 24.8 Å². The Kier molecular flexibility index (Phi) is 9.87. The number of esters is 1. The summed E-state index contributed by atoms with van der Waals surface area (Å²) in [5.41, 5.74) is 1.81. The van der Waals surface area contributed by atoms with Gasteiger partial charge in [-0.2, -0.15) is 0 Å². The second-order valence-electron chi connectivity index (χ2n) is 6.35. The Labute approximate surface area is 172 Å². The molecule has 2 saturated heterocycles. The third kappa shape index (κ3) is 5.97. The van der Waals surface area contributed by atoms with Crippen molar-refractivity contribution in [3.63, 3.8) is 0 Å². The van der Waals surface area contributed by atoms with Crippen LogP contribution in [0.2, 0.25) is 0 Å². The van der Waals surface area contributed by atoms with E-state index in [0.29, 0.717) is 31.0 Å². The fraction of sp³-hybridized carbons (Fsp3) is 0.556. The third-order valence-corrected chi connectivity index (χ3v) is 4.71. The van der Waals surface area contributed by atoms with Gasteiger partial charge in [0, 0.05) is 25.3 Å². The van der Waals surface area contributed by atoms with E-state index in [9.17, 15) is 9.59 Å². The molecule has 1 unspecified atom stereocenters. The molecule has 2 heterocycles. The van der Waals surface area contributed by atoms with Crippen molar-refractivity contribution >= 4 is 48.1 Å². The van der Waals surface area contributed by atoms with Gasteiger partial charge in [-0.3, -0.25) is 4.79 Å². The Bertz CT molecular complexity index is 633. The molecular weight excluding hydrogens is 393 g/mol. The van der Waals surface area contributed by atoms with Crippen LogP contribution in [0.15, 0.2) is 18.2 Å². The number of piperidine rings is 1. The summed E-state index contributed by atoms with van der Waals surface area (Å²) < 4.78 is 10.3. The van der Waals surface area contributed by atoms with Gasteiger partial charge in [0.2, 0.25) is 5.91 Å². The van der Waals surface area contributed by atoms with Crippen molar-refractivity contribution < 1.29 is 19.1 Å². The zero-order chi connectivity index (χ0) is 17.6. The molecule has 1 atom stereocenters. The molecule has 2 aliphatic rings. The summed E-state index contributed by atoms with van der Waals surface area (Å²) in [5.74, 6) is -0.582. The molecule has 0 bridgehead atoms. The molecule has 9 heteroatoms. The molecule has 0 saturated carbocycles. The molecule has 152 valence electrons. The molecule has 0 aliphatic carbocycles. The van der Waals surface area contributed by atoms with E-state index in [0.717, 1.165) is 38.2 Å². The molecule has 2 aliphatic heterocycles. The summed E-state index contributed by atoms with van der Waals surface area (Å²) in [7, 11) is 1.35.